The zero-order chi connectivity index (χ0) is 15.2. The standard InChI is InChI=1S/C15H16N2O4/c1-3-16-13(19)15(17(4-2)14(16)20)9-11(18)10-7-5-6-8-12(10)21-15/h5-8H,3-4,9H2,1-2H3. The number of Topliss-reactive ketones (excluding diaryl/α,β-unsaturated/α-hetero) is 1. The number of ketones is 1. The zero-order valence-corrected chi connectivity index (χ0v) is 12.0. The summed E-state index contributed by atoms with van der Waals surface area (Å²) < 4.78 is 5.86. The number of para-hydroxylation sites is 1. The molecule has 2 aliphatic heterocycles. The molecular formula is C15H16N2O4. The van der Waals surface area contributed by atoms with E-state index in [0.717, 1.165) is 4.90 Å². The van der Waals surface area contributed by atoms with E-state index < -0.39 is 17.7 Å². The van der Waals surface area contributed by atoms with Gasteiger partial charge in [-0.3, -0.25) is 19.4 Å². The zero-order valence-electron chi connectivity index (χ0n) is 12.0. The third kappa shape index (κ3) is 1.68. The molecule has 0 radical (unpaired) electrons. The number of ether oxygens (including phenoxy) is 1. The Morgan fingerprint density at radius 2 is 1.86 bits per heavy atom. The third-order valence-electron chi connectivity index (χ3n) is 3.98. The van der Waals surface area contributed by atoms with Crippen LogP contribution in [-0.4, -0.2) is 46.3 Å². The van der Waals surface area contributed by atoms with E-state index in [1.54, 1.807) is 38.1 Å². The van der Waals surface area contributed by atoms with Crippen molar-refractivity contribution in [2.45, 2.75) is 26.0 Å². The number of hydrogen-bond donors (Lipinski definition) is 0. The lowest BCUT2D eigenvalue weighted by Gasteiger charge is -2.37. The van der Waals surface area contributed by atoms with Crippen LogP contribution < -0.4 is 4.74 Å². The predicted molar refractivity (Wildman–Crippen MR) is 73.9 cm³/mol. The highest BCUT2D eigenvalue weighted by Gasteiger charge is 2.61. The van der Waals surface area contributed by atoms with Crippen LogP contribution in [0.25, 0.3) is 0 Å². The normalized spacial score (nSPS) is 24.6. The van der Waals surface area contributed by atoms with Crippen LogP contribution in [0.5, 0.6) is 5.75 Å². The highest BCUT2D eigenvalue weighted by atomic mass is 16.5. The van der Waals surface area contributed by atoms with E-state index in [-0.39, 0.29) is 18.7 Å². The number of nitrogens with zero attached hydrogens (tertiary/aromatic N) is 2. The summed E-state index contributed by atoms with van der Waals surface area (Å²) in [4.78, 5) is 39.8. The molecule has 0 aromatic heterocycles. The lowest BCUT2D eigenvalue weighted by atomic mass is 9.95. The molecule has 2 heterocycles. The molecule has 110 valence electrons. The van der Waals surface area contributed by atoms with Crippen LogP contribution in [0.15, 0.2) is 24.3 Å². The van der Waals surface area contributed by atoms with Crippen molar-refractivity contribution >= 4 is 17.7 Å². The van der Waals surface area contributed by atoms with Gasteiger partial charge in [-0.15, -0.1) is 0 Å². The molecule has 1 saturated heterocycles. The van der Waals surface area contributed by atoms with Gasteiger partial charge < -0.3 is 4.74 Å². The summed E-state index contributed by atoms with van der Waals surface area (Å²) >= 11 is 0. The van der Waals surface area contributed by atoms with Crippen LogP contribution in [0.3, 0.4) is 0 Å². The quantitative estimate of drug-likeness (QED) is 0.776. The highest BCUT2D eigenvalue weighted by Crippen LogP contribution is 2.40. The summed E-state index contributed by atoms with van der Waals surface area (Å²) in [6.45, 7) is 4.05. The topological polar surface area (TPSA) is 66.9 Å². The summed E-state index contributed by atoms with van der Waals surface area (Å²) in [5.74, 6) is -0.291. The molecule has 0 aliphatic carbocycles. The summed E-state index contributed by atoms with van der Waals surface area (Å²) in [6, 6.07) is 6.39. The van der Waals surface area contributed by atoms with E-state index in [0.29, 0.717) is 17.9 Å². The molecule has 1 aromatic carbocycles. The van der Waals surface area contributed by atoms with Crippen LogP contribution in [0.2, 0.25) is 0 Å². The maximum absolute atomic E-state index is 12.6. The van der Waals surface area contributed by atoms with Crippen molar-refractivity contribution in [1.82, 2.24) is 9.80 Å². The van der Waals surface area contributed by atoms with Gasteiger partial charge in [-0.2, -0.15) is 0 Å². The molecule has 3 amide bonds. The molecule has 1 fully saturated rings. The van der Waals surface area contributed by atoms with Gasteiger partial charge in [0.05, 0.1) is 12.0 Å². The number of hydrogen-bond acceptors (Lipinski definition) is 4. The van der Waals surface area contributed by atoms with Crippen molar-refractivity contribution in [3.8, 4) is 5.75 Å². The van der Waals surface area contributed by atoms with Crippen LogP contribution in [-0.2, 0) is 4.79 Å². The Hall–Kier alpha value is -2.37. The molecule has 1 atom stereocenters. The number of fused-ring (bicyclic) bond motifs is 1. The first-order chi connectivity index (χ1) is 10.0. The second-order valence-electron chi connectivity index (χ2n) is 5.06. The minimum atomic E-state index is -1.52. The van der Waals surface area contributed by atoms with Crippen molar-refractivity contribution in [3.63, 3.8) is 0 Å². The lowest BCUT2D eigenvalue weighted by Crippen LogP contribution is -2.57. The van der Waals surface area contributed by atoms with E-state index in [1.807, 2.05) is 0 Å². The maximum Gasteiger partial charge on any atom is 0.330 e. The van der Waals surface area contributed by atoms with Crippen molar-refractivity contribution in [2.24, 2.45) is 0 Å². The van der Waals surface area contributed by atoms with Gasteiger partial charge in [0.2, 0.25) is 0 Å². The summed E-state index contributed by atoms with van der Waals surface area (Å²) in [5.41, 5.74) is -1.07. The Labute approximate surface area is 122 Å². The Kier molecular flexibility index (Phi) is 2.97. The average Bonchev–Trinajstić information content (AvgIpc) is 2.66. The Bertz CT molecular complexity index is 642. The van der Waals surface area contributed by atoms with Crippen molar-refractivity contribution in [1.29, 1.82) is 0 Å². The van der Waals surface area contributed by atoms with E-state index >= 15 is 0 Å². The van der Waals surface area contributed by atoms with Gasteiger partial charge in [-0.25, -0.2) is 4.79 Å². The molecule has 1 aromatic rings. The minimum Gasteiger partial charge on any atom is -0.457 e. The molecule has 21 heavy (non-hydrogen) atoms. The van der Waals surface area contributed by atoms with Gasteiger partial charge in [0.15, 0.2) is 5.78 Å². The van der Waals surface area contributed by atoms with Gasteiger partial charge in [-0.05, 0) is 26.0 Å². The number of rotatable bonds is 2. The fourth-order valence-corrected chi connectivity index (χ4v) is 2.97. The molecule has 0 saturated carbocycles. The second kappa shape index (κ2) is 4.58. The molecule has 3 rings (SSSR count). The van der Waals surface area contributed by atoms with E-state index in [1.165, 1.54) is 4.90 Å². The summed E-state index contributed by atoms with van der Waals surface area (Å²) in [7, 11) is 0. The first-order valence-corrected chi connectivity index (χ1v) is 7.00. The molecule has 1 spiro atoms. The minimum absolute atomic E-state index is 0.140. The van der Waals surface area contributed by atoms with Gasteiger partial charge in [0, 0.05) is 13.1 Å². The Morgan fingerprint density at radius 3 is 2.52 bits per heavy atom. The molecule has 6 heteroatoms. The van der Waals surface area contributed by atoms with Crippen molar-refractivity contribution in [3.05, 3.63) is 29.8 Å². The molecule has 1 unspecified atom stereocenters. The van der Waals surface area contributed by atoms with Crippen LogP contribution in [0, 0.1) is 0 Å². The fraction of sp³-hybridized carbons (Fsp3) is 0.400. The SMILES string of the molecule is CCN1C(=O)N(CC)C2(CC(=O)c3ccccc3O2)C1=O. The predicted octanol–water partition coefficient (Wildman–Crippen LogP) is 1.65. The number of carbonyl (C=O) groups excluding carboxylic acids is 3. The monoisotopic (exact) mass is 288 g/mol. The van der Waals surface area contributed by atoms with E-state index in [2.05, 4.69) is 0 Å². The Morgan fingerprint density at radius 1 is 1.14 bits per heavy atom. The first kappa shape index (κ1) is 13.6. The molecule has 0 bridgehead atoms. The van der Waals surface area contributed by atoms with Gasteiger partial charge >= 0.3 is 6.03 Å². The van der Waals surface area contributed by atoms with Gasteiger partial charge in [0.1, 0.15) is 5.75 Å². The summed E-state index contributed by atoms with van der Waals surface area (Å²) in [6.07, 6.45) is -0.140. The fourth-order valence-electron chi connectivity index (χ4n) is 2.97. The molecule has 0 N–H and O–H groups in total. The van der Waals surface area contributed by atoms with Gasteiger partial charge in [-0.1, -0.05) is 12.1 Å². The van der Waals surface area contributed by atoms with Crippen LogP contribution in [0.1, 0.15) is 30.6 Å². The highest BCUT2D eigenvalue weighted by molar-refractivity contribution is 6.11. The largest absolute Gasteiger partial charge is 0.457 e. The number of imide groups is 1. The van der Waals surface area contributed by atoms with Crippen molar-refractivity contribution in [2.75, 3.05) is 13.1 Å². The van der Waals surface area contributed by atoms with Crippen LogP contribution in [0.4, 0.5) is 4.79 Å². The van der Waals surface area contributed by atoms with Crippen molar-refractivity contribution < 1.29 is 19.1 Å². The van der Waals surface area contributed by atoms with E-state index in [4.69, 9.17) is 4.74 Å². The van der Waals surface area contributed by atoms with E-state index in [9.17, 15) is 14.4 Å². The molecule has 6 nitrogen and oxygen atoms in total. The third-order valence-corrected chi connectivity index (χ3v) is 3.98. The van der Waals surface area contributed by atoms with Crippen LogP contribution >= 0.6 is 0 Å². The average molecular weight is 288 g/mol. The molecule has 2 aliphatic rings. The number of carbonyl (C=O) groups is 3. The second-order valence-corrected chi connectivity index (χ2v) is 5.06. The number of urea groups is 1. The maximum atomic E-state index is 12.6. The number of benzene rings is 1. The Balaban J connectivity index is 2.11. The summed E-state index contributed by atoms with van der Waals surface area (Å²) in [5, 5.41) is 0. The molecular weight excluding hydrogens is 272 g/mol. The van der Waals surface area contributed by atoms with Gasteiger partial charge in [0.25, 0.3) is 11.6 Å². The number of likely N-dealkylation sites (N-methyl/N-ethyl adjacent to an activating group) is 2. The smallest absolute Gasteiger partial charge is 0.330 e. The number of amides is 3. The first-order valence-electron chi connectivity index (χ1n) is 7.00. The lowest BCUT2D eigenvalue weighted by molar-refractivity contribution is -0.149.